The van der Waals surface area contributed by atoms with Crippen molar-refractivity contribution in [2.24, 2.45) is 0 Å². The van der Waals surface area contributed by atoms with Gasteiger partial charge in [-0.3, -0.25) is 0 Å². The molecule has 0 radical (unpaired) electrons. The van der Waals surface area contributed by atoms with Crippen molar-refractivity contribution in [1.82, 2.24) is 0 Å². The van der Waals surface area contributed by atoms with E-state index >= 15 is 0 Å². The Balaban J connectivity index is 2.60. The molecule has 0 atom stereocenters. The minimum absolute atomic E-state index is 1.06. The molecule has 2 rings (SSSR count). The maximum absolute atomic E-state index is 2.42. The molecule has 2 aliphatic carbocycles. The zero-order valence-electron chi connectivity index (χ0n) is 7.23. The van der Waals surface area contributed by atoms with Crippen molar-refractivity contribution in [3.05, 3.63) is 52.3 Å². The van der Waals surface area contributed by atoms with Crippen LogP contribution in [0, 0.1) is 0 Å². The summed E-state index contributed by atoms with van der Waals surface area (Å²) in [4.78, 5) is 0. The zero-order valence-corrected chi connectivity index (χ0v) is 13.7. The maximum atomic E-state index is 2.42. The number of hydrogen-bond donors (Lipinski definition) is 0. The number of hydrogen-bond acceptors (Lipinski definition) is 0. The van der Waals surface area contributed by atoms with Gasteiger partial charge in [0.15, 0.2) is 0 Å². The van der Waals surface area contributed by atoms with Crippen molar-refractivity contribution in [3.8, 4) is 0 Å². The van der Waals surface area contributed by atoms with Crippen molar-refractivity contribution in [1.29, 1.82) is 0 Å². The molecule has 2 bridgehead atoms. The summed E-state index contributed by atoms with van der Waals surface area (Å²) in [6.45, 7) is 0. The first-order valence-electron chi connectivity index (χ1n) is 4.18. The first kappa shape index (κ1) is 11.4. The molecule has 0 unspecified atom stereocenters. The molecule has 0 heterocycles. The van der Waals surface area contributed by atoms with Crippen molar-refractivity contribution in [2.75, 3.05) is 0 Å². The quantitative estimate of drug-likeness (QED) is 0.385. The van der Waals surface area contributed by atoms with E-state index in [1.54, 1.807) is 0 Å². The molecule has 0 nitrogen and oxygen atoms in total. The second-order valence-electron chi connectivity index (χ2n) is 3.08. The van der Waals surface area contributed by atoms with Gasteiger partial charge in [-0.15, -0.1) is 0 Å². The number of halogens is 3. The third kappa shape index (κ3) is 2.34. The van der Waals surface area contributed by atoms with E-state index in [2.05, 4.69) is 98.2 Å². The second kappa shape index (κ2) is 4.82. The van der Waals surface area contributed by atoms with Crippen LogP contribution in [-0.2, 0) is 0 Å². The first-order chi connectivity index (χ1) is 6.68. The lowest BCUT2D eigenvalue weighted by Gasteiger charge is -2.05. The van der Waals surface area contributed by atoms with E-state index in [4.69, 9.17) is 0 Å². The Morgan fingerprint density at radius 1 is 0.929 bits per heavy atom. The van der Waals surface area contributed by atoms with Crippen LogP contribution in [0.15, 0.2) is 52.3 Å². The molecule has 0 saturated heterocycles. The van der Waals surface area contributed by atoms with Crippen LogP contribution in [-0.4, -0.2) is 0 Å². The monoisotopic (exact) mass is 520 g/mol. The minimum atomic E-state index is 1.06. The third-order valence-corrected chi connectivity index (χ3v) is 5.24. The molecule has 14 heavy (non-hydrogen) atoms. The van der Waals surface area contributed by atoms with E-state index in [0.29, 0.717) is 0 Å². The van der Waals surface area contributed by atoms with Gasteiger partial charge in [0.2, 0.25) is 0 Å². The van der Waals surface area contributed by atoms with Crippen molar-refractivity contribution in [3.63, 3.8) is 0 Å². The van der Waals surface area contributed by atoms with Crippen LogP contribution in [0.4, 0.5) is 0 Å². The number of fused-ring (bicyclic) bond motifs is 2. The van der Waals surface area contributed by atoms with Gasteiger partial charge in [-0.25, -0.2) is 0 Å². The van der Waals surface area contributed by atoms with Crippen LogP contribution in [0.1, 0.15) is 6.42 Å². The normalized spacial score (nSPS) is 20.9. The van der Waals surface area contributed by atoms with Crippen LogP contribution in [0.2, 0.25) is 0 Å². The lowest BCUT2D eigenvalue weighted by Crippen LogP contribution is -1.86. The molecule has 0 aromatic heterocycles. The molecule has 0 fully saturated rings. The number of rotatable bonds is 0. The molecular formula is C11H7I3. The fourth-order valence-electron chi connectivity index (χ4n) is 1.40. The summed E-state index contributed by atoms with van der Waals surface area (Å²) >= 11 is 7.24. The van der Waals surface area contributed by atoms with Crippen LogP contribution in [0.3, 0.4) is 0 Å². The second-order valence-corrected chi connectivity index (χ2v) is 6.57. The Labute approximate surface area is 125 Å². The highest BCUT2D eigenvalue weighted by Gasteiger charge is 2.14. The molecule has 0 saturated carbocycles. The summed E-state index contributed by atoms with van der Waals surface area (Å²) in [5.74, 6) is 0. The van der Waals surface area contributed by atoms with Gasteiger partial charge in [0, 0.05) is 17.2 Å². The van der Waals surface area contributed by atoms with Gasteiger partial charge < -0.3 is 0 Å². The molecule has 0 aromatic rings. The predicted octanol–water partition coefficient (Wildman–Crippen LogP) is 5.21. The van der Waals surface area contributed by atoms with Gasteiger partial charge in [0.05, 0.1) is 0 Å². The van der Waals surface area contributed by atoms with E-state index in [1.807, 2.05) is 0 Å². The Morgan fingerprint density at radius 2 is 1.64 bits per heavy atom. The van der Waals surface area contributed by atoms with Gasteiger partial charge in [-0.2, -0.15) is 0 Å². The molecule has 0 amide bonds. The summed E-state index contributed by atoms with van der Waals surface area (Å²) in [6, 6.07) is 0. The molecular weight excluding hydrogens is 513 g/mol. The minimum Gasteiger partial charge on any atom is -0.0609 e. The van der Waals surface area contributed by atoms with Crippen LogP contribution < -0.4 is 0 Å². The van der Waals surface area contributed by atoms with Crippen molar-refractivity contribution >= 4 is 67.8 Å². The van der Waals surface area contributed by atoms with Crippen LogP contribution >= 0.6 is 67.8 Å². The van der Waals surface area contributed by atoms with Crippen molar-refractivity contribution in [2.45, 2.75) is 6.42 Å². The standard InChI is InChI=1S/C11H7I3/c12-9-4-5-11(14)8-6-7(9)2-1-3-10(8)13/h1-5H,6H2. The van der Waals surface area contributed by atoms with Gasteiger partial charge >= 0.3 is 0 Å². The maximum Gasteiger partial charge on any atom is 0.0176 e. The van der Waals surface area contributed by atoms with E-state index in [9.17, 15) is 0 Å². The fourth-order valence-corrected chi connectivity index (χ4v) is 3.82. The van der Waals surface area contributed by atoms with E-state index in [0.717, 1.165) is 6.42 Å². The predicted molar refractivity (Wildman–Crippen MR) is 87.1 cm³/mol. The molecule has 0 spiro atoms. The van der Waals surface area contributed by atoms with Crippen LogP contribution in [0.25, 0.3) is 0 Å². The average Bonchev–Trinajstić information content (AvgIpc) is 2.42. The highest BCUT2D eigenvalue weighted by Crippen LogP contribution is 2.37. The van der Waals surface area contributed by atoms with E-state index in [-0.39, 0.29) is 0 Å². The average molecular weight is 520 g/mol. The summed E-state index contributed by atoms with van der Waals surface area (Å²) in [6.07, 6.45) is 12.0. The van der Waals surface area contributed by atoms with Gasteiger partial charge in [-0.05, 0) is 97.1 Å². The SMILES string of the molecule is IC1=CC=CC2=C(I)C=CC(I)=C1C2. The van der Waals surface area contributed by atoms with Crippen molar-refractivity contribution < 1.29 is 0 Å². The van der Waals surface area contributed by atoms with Gasteiger partial charge in [0.25, 0.3) is 0 Å². The lowest BCUT2D eigenvalue weighted by molar-refractivity contribution is 1.22. The highest BCUT2D eigenvalue weighted by atomic mass is 127. The Hall–Kier alpha value is 0.890. The highest BCUT2D eigenvalue weighted by molar-refractivity contribution is 14.1. The van der Waals surface area contributed by atoms with E-state index < -0.39 is 0 Å². The molecule has 72 valence electrons. The summed E-state index contributed by atoms with van der Waals surface area (Å²) in [7, 11) is 0. The lowest BCUT2D eigenvalue weighted by atomic mass is 10.1. The summed E-state index contributed by atoms with van der Waals surface area (Å²) in [5, 5.41) is 0. The fraction of sp³-hybridized carbons (Fsp3) is 0.0909. The summed E-state index contributed by atoms with van der Waals surface area (Å²) in [5.41, 5.74) is 2.88. The Bertz CT molecular complexity index is 420. The smallest absolute Gasteiger partial charge is 0.0176 e. The number of allylic oxidation sites excluding steroid dienone is 10. The van der Waals surface area contributed by atoms with Gasteiger partial charge in [-0.1, -0.05) is 12.2 Å². The topological polar surface area (TPSA) is 0 Å². The first-order valence-corrected chi connectivity index (χ1v) is 7.42. The van der Waals surface area contributed by atoms with Gasteiger partial charge in [0.1, 0.15) is 0 Å². The summed E-state index contributed by atoms with van der Waals surface area (Å²) < 4.78 is 4.06. The Kier molecular flexibility index (Phi) is 3.91. The van der Waals surface area contributed by atoms with E-state index in [1.165, 1.54) is 21.9 Å². The molecule has 0 N–H and O–H groups in total. The molecule has 3 heteroatoms. The largest absolute Gasteiger partial charge is 0.0609 e. The molecule has 2 aliphatic rings. The zero-order chi connectivity index (χ0) is 10.1. The van der Waals surface area contributed by atoms with Crippen LogP contribution in [0.5, 0.6) is 0 Å². The Morgan fingerprint density at radius 3 is 2.43 bits per heavy atom. The molecule has 0 aliphatic heterocycles. The molecule has 0 aromatic carbocycles. The third-order valence-electron chi connectivity index (χ3n) is 2.17.